The first-order valence-electron chi connectivity index (χ1n) is 5.55. The zero-order valence-electron chi connectivity index (χ0n) is 11.0. The molecule has 0 aromatic heterocycles. The van der Waals surface area contributed by atoms with Crippen LogP contribution in [-0.4, -0.2) is 52.5 Å². The predicted molar refractivity (Wildman–Crippen MR) is 64.6 cm³/mol. The van der Waals surface area contributed by atoms with Gasteiger partial charge in [0.1, 0.15) is 11.6 Å². The summed E-state index contributed by atoms with van der Waals surface area (Å²) in [5, 5.41) is 11.4. The zero-order chi connectivity index (χ0) is 15.1. The number of carboxylic acid groups (broad SMARTS) is 1. The van der Waals surface area contributed by atoms with Crippen LogP contribution in [-0.2, 0) is 19.1 Å². The van der Waals surface area contributed by atoms with Crippen molar-refractivity contribution in [1.82, 2.24) is 5.32 Å². The highest BCUT2D eigenvalue weighted by atomic mass is 16.5. The van der Waals surface area contributed by atoms with Crippen LogP contribution in [0.3, 0.4) is 0 Å². The Morgan fingerprint density at radius 3 is 2.53 bits per heavy atom. The second-order valence-corrected chi connectivity index (χ2v) is 4.22. The Bertz CT molecular complexity index is 417. The van der Waals surface area contributed by atoms with E-state index in [1.54, 1.807) is 0 Å². The number of ketones is 1. The molecule has 2 N–H and O–H groups in total. The number of hydrogen-bond donors (Lipinski definition) is 2. The van der Waals surface area contributed by atoms with E-state index in [2.05, 4.69) is 10.1 Å². The van der Waals surface area contributed by atoms with E-state index in [-0.39, 0.29) is 12.8 Å². The number of Topliss-reactive ketones (excluding diaryl/α,β-unsaturated/α-hetero) is 1. The molecule has 2 atom stereocenters. The van der Waals surface area contributed by atoms with Crippen molar-refractivity contribution in [2.45, 2.75) is 38.3 Å². The molecule has 0 saturated carbocycles. The first kappa shape index (κ1) is 16.9. The summed E-state index contributed by atoms with van der Waals surface area (Å²) >= 11 is 0. The molecule has 0 aliphatic rings. The fourth-order valence-corrected chi connectivity index (χ4v) is 1.21. The second kappa shape index (κ2) is 7.40. The lowest BCUT2D eigenvalue weighted by molar-refractivity contribution is -0.149. The summed E-state index contributed by atoms with van der Waals surface area (Å²) < 4.78 is 4.78. The van der Waals surface area contributed by atoms with Crippen molar-refractivity contribution >= 4 is 23.9 Å². The van der Waals surface area contributed by atoms with Crippen molar-refractivity contribution in [3.8, 4) is 0 Å². The van der Waals surface area contributed by atoms with Crippen LogP contribution in [0.15, 0.2) is 0 Å². The molecule has 19 heavy (non-hydrogen) atoms. The average molecular weight is 271 g/mol. The lowest BCUT2D eigenvalue weighted by atomic mass is 9.94. The molecule has 0 aromatic rings. The van der Waals surface area contributed by atoms with Gasteiger partial charge in [-0.2, -0.15) is 4.79 Å². The lowest BCUT2D eigenvalue weighted by Gasteiger charge is -2.27. The number of carbonyl (C=O) groups is 3. The normalized spacial score (nSPS) is 14.7. The highest BCUT2D eigenvalue weighted by Gasteiger charge is 2.36. The van der Waals surface area contributed by atoms with Crippen LogP contribution in [0.25, 0.3) is 5.53 Å². The molecule has 106 valence electrons. The van der Waals surface area contributed by atoms with E-state index in [0.717, 1.165) is 0 Å². The van der Waals surface area contributed by atoms with Gasteiger partial charge in [-0.05, 0) is 20.3 Å². The summed E-state index contributed by atoms with van der Waals surface area (Å²) in [6, 6.07) is 0. The second-order valence-electron chi connectivity index (χ2n) is 4.22. The van der Waals surface area contributed by atoms with E-state index in [9.17, 15) is 14.4 Å². The number of nitrogens with one attached hydrogen (secondary N) is 1. The number of carbonyl (C=O) groups excluding carboxylic acids is 2. The maximum Gasteiger partial charge on any atom is 0.329 e. The van der Waals surface area contributed by atoms with Gasteiger partial charge in [0.05, 0.1) is 0 Å². The van der Waals surface area contributed by atoms with Crippen molar-refractivity contribution in [3.05, 3.63) is 5.53 Å². The predicted octanol–water partition coefficient (Wildman–Crippen LogP) is -0.369. The Morgan fingerprint density at radius 2 is 2.11 bits per heavy atom. The Labute approximate surface area is 110 Å². The lowest BCUT2D eigenvalue weighted by Crippen LogP contribution is -2.55. The van der Waals surface area contributed by atoms with E-state index in [1.165, 1.54) is 21.0 Å². The highest BCUT2D eigenvalue weighted by molar-refractivity contribution is 6.25. The first-order chi connectivity index (χ1) is 8.76. The van der Waals surface area contributed by atoms with Crippen LogP contribution in [0.2, 0.25) is 0 Å². The van der Waals surface area contributed by atoms with Gasteiger partial charge in [-0.15, -0.1) is 0 Å². The van der Waals surface area contributed by atoms with E-state index in [1.807, 2.05) is 0 Å². The summed E-state index contributed by atoms with van der Waals surface area (Å²) in [5.41, 5.74) is 6.58. The quantitative estimate of drug-likeness (QED) is 0.353. The molecule has 0 rings (SSSR count). The number of amides is 1. The Kier molecular flexibility index (Phi) is 6.60. The molecule has 0 heterocycles. The van der Waals surface area contributed by atoms with Gasteiger partial charge in [-0.25, -0.2) is 4.79 Å². The fourth-order valence-electron chi connectivity index (χ4n) is 1.21. The number of carboxylic acids is 1. The van der Waals surface area contributed by atoms with Crippen LogP contribution in [0, 0.1) is 0 Å². The van der Waals surface area contributed by atoms with E-state index in [4.69, 9.17) is 15.4 Å². The molecule has 0 saturated heterocycles. The van der Waals surface area contributed by atoms with Gasteiger partial charge in [0.15, 0.2) is 0 Å². The third-order valence-corrected chi connectivity index (χ3v) is 2.67. The summed E-state index contributed by atoms with van der Waals surface area (Å²) in [4.78, 5) is 36.5. The summed E-state index contributed by atoms with van der Waals surface area (Å²) in [6.07, 6.45) is -0.417. The fraction of sp³-hybridized carbons (Fsp3) is 0.636. The van der Waals surface area contributed by atoms with Gasteiger partial charge in [-0.1, -0.05) is 0 Å². The first-order valence-corrected chi connectivity index (χ1v) is 5.55. The number of hydrogen-bond acceptors (Lipinski definition) is 4. The summed E-state index contributed by atoms with van der Waals surface area (Å²) in [7, 11) is 1.32. The van der Waals surface area contributed by atoms with E-state index in [0.29, 0.717) is 6.21 Å². The minimum Gasteiger partial charge on any atom is -0.480 e. The molecule has 1 amide bonds. The smallest absolute Gasteiger partial charge is 0.329 e. The van der Waals surface area contributed by atoms with E-state index < -0.39 is 29.3 Å². The molecule has 0 spiro atoms. The standard InChI is InChI=1S/C11H17N3O5/c1-7(19-3)9(16)14-11(2,10(17)18)5-4-8(15)6-13-12/h6-7H,4-5H2,1-3H3,(H,14,16)(H,17,18)/t7-,11-/m0/s1. The number of nitrogens with zero attached hydrogens (tertiary/aromatic N) is 2. The monoisotopic (exact) mass is 271 g/mol. The number of ether oxygens (including phenoxy) is 1. The van der Waals surface area contributed by atoms with Crippen LogP contribution < -0.4 is 5.32 Å². The number of methoxy groups -OCH3 is 1. The maximum atomic E-state index is 11.6. The van der Waals surface area contributed by atoms with Crippen LogP contribution in [0.5, 0.6) is 0 Å². The molecule has 0 aromatic carbocycles. The topological polar surface area (TPSA) is 129 Å². The maximum absolute atomic E-state index is 11.6. The van der Waals surface area contributed by atoms with Crippen molar-refractivity contribution in [3.63, 3.8) is 0 Å². The summed E-state index contributed by atoms with van der Waals surface area (Å²) in [5.74, 6) is -2.39. The van der Waals surface area contributed by atoms with Crippen molar-refractivity contribution < 1.29 is 29.0 Å². The van der Waals surface area contributed by atoms with Crippen molar-refractivity contribution in [2.75, 3.05) is 7.11 Å². The molecule has 0 unspecified atom stereocenters. The van der Waals surface area contributed by atoms with Crippen LogP contribution >= 0.6 is 0 Å². The molecule has 0 fully saturated rings. The SMILES string of the molecule is CO[C@@H](C)C(=O)N[C@@](C)(CCC(=O)C=[N+]=[N-])C(=O)O. The molecule has 0 radical (unpaired) electrons. The largest absolute Gasteiger partial charge is 0.480 e. The Balaban J connectivity index is 4.77. The van der Waals surface area contributed by atoms with Crippen molar-refractivity contribution in [1.29, 1.82) is 0 Å². The van der Waals surface area contributed by atoms with Crippen LogP contribution in [0.1, 0.15) is 26.7 Å². The molecule has 0 aliphatic carbocycles. The molecular formula is C11H17N3O5. The number of rotatable bonds is 8. The Hall–Kier alpha value is -2.05. The van der Waals surface area contributed by atoms with Gasteiger partial charge in [0.2, 0.25) is 11.7 Å². The molecule has 0 bridgehead atoms. The highest BCUT2D eigenvalue weighted by Crippen LogP contribution is 2.13. The third kappa shape index (κ3) is 5.41. The van der Waals surface area contributed by atoms with Crippen molar-refractivity contribution in [2.24, 2.45) is 0 Å². The molecule has 0 aliphatic heterocycles. The van der Waals surface area contributed by atoms with Gasteiger partial charge >= 0.3 is 12.2 Å². The average Bonchev–Trinajstić information content (AvgIpc) is 2.35. The van der Waals surface area contributed by atoms with Gasteiger partial charge in [0.25, 0.3) is 0 Å². The van der Waals surface area contributed by atoms with Crippen LogP contribution in [0.4, 0.5) is 0 Å². The van der Waals surface area contributed by atoms with E-state index >= 15 is 0 Å². The molecule has 8 heteroatoms. The minimum absolute atomic E-state index is 0.130. The molecular weight excluding hydrogens is 254 g/mol. The van der Waals surface area contributed by atoms with Gasteiger partial charge in [0, 0.05) is 13.5 Å². The number of aliphatic carboxylic acids is 1. The Morgan fingerprint density at radius 1 is 1.53 bits per heavy atom. The summed E-state index contributed by atoms with van der Waals surface area (Å²) in [6.45, 7) is 2.76. The van der Waals surface area contributed by atoms with Gasteiger partial charge < -0.3 is 20.7 Å². The van der Waals surface area contributed by atoms with Gasteiger partial charge in [-0.3, -0.25) is 9.59 Å². The molecule has 8 nitrogen and oxygen atoms in total. The zero-order valence-corrected chi connectivity index (χ0v) is 11.0. The third-order valence-electron chi connectivity index (χ3n) is 2.67. The minimum atomic E-state index is -1.59.